The fraction of sp³-hybridized carbons (Fsp3) is 0.900. The smallest absolute Gasteiger partial charge is 0.302 e. The molecule has 8 aliphatic rings. The summed E-state index contributed by atoms with van der Waals surface area (Å²) in [6.07, 6.45) is 13.3. The van der Waals surface area contributed by atoms with Gasteiger partial charge in [0, 0.05) is 24.7 Å². The number of ether oxygens (including phenoxy) is 2. The predicted molar refractivity (Wildman–Crippen MR) is 196 cm³/mol. The molecule has 0 aromatic rings. The maximum Gasteiger partial charge on any atom is 0.302 e. The normalized spacial score (nSPS) is 53.4. The molecule has 8 aliphatic carbocycles. The van der Waals surface area contributed by atoms with E-state index in [1.807, 2.05) is 6.08 Å². The lowest BCUT2D eigenvalue weighted by Crippen LogP contribution is -2.55. The zero-order valence-corrected chi connectivity index (χ0v) is 33.4. The van der Waals surface area contributed by atoms with Gasteiger partial charge < -0.3 is 29.9 Å². The molecule has 0 radical (unpaired) electrons. The van der Waals surface area contributed by atoms with E-state index in [2.05, 4.69) is 45.7 Å². The Bertz CT molecular complexity index is 1330. The first-order valence-electron chi connectivity index (χ1n) is 19.7. The number of aliphatic hydroxyl groups excluding tert-OH is 4. The highest BCUT2D eigenvalue weighted by atomic mass is 79.9. The van der Waals surface area contributed by atoms with Gasteiger partial charge in [-0.15, -0.1) is 0 Å². The summed E-state index contributed by atoms with van der Waals surface area (Å²) < 4.78 is 11.4. The van der Waals surface area contributed by atoms with Crippen LogP contribution >= 0.6 is 31.9 Å². The summed E-state index contributed by atoms with van der Waals surface area (Å²) in [5.41, 5.74) is 1.17. The second kappa shape index (κ2) is 14.3. The number of carbonyl (C=O) groups excluding carboxylic acids is 2. The molecule has 4 N–H and O–H groups in total. The van der Waals surface area contributed by atoms with Gasteiger partial charge in [-0.25, -0.2) is 0 Å². The Balaban J connectivity index is 0.000000157. The minimum absolute atomic E-state index is 0.0387. The van der Waals surface area contributed by atoms with Crippen molar-refractivity contribution in [3.05, 3.63) is 11.6 Å². The molecule has 8 rings (SSSR count). The van der Waals surface area contributed by atoms with Crippen LogP contribution in [-0.4, -0.2) is 78.6 Å². The fourth-order valence-corrected chi connectivity index (χ4v) is 16.0. The van der Waals surface area contributed by atoms with Crippen molar-refractivity contribution in [2.75, 3.05) is 0 Å². The molecular weight excluding hydrogens is 768 g/mol. The van der Waals surface area contributed by atoms with Crippen LogP contribution in [0.25, 0.3) is 0 Å². The van der Waals surface area contributed by atoms with Crippen LogP contribution in [0.3, 0.4) is 0 Å². The minimum Gasteiger partial charge on any atom is -0.461 e. The molecule has 7 fully saturated rings. The summed E-state index contributed by atoms with van der Waals surface area (Å²) in [4.78, 5) is 23.6. The molecule has 0 aromatic carbocycles. The summed E-state index contributed by atoms with van der Waals surface area (Å²) in [6, 6.07) is 0. The van der Waals surface area contributed by atoms with Crippen molar-refractivity contribution in [2.45, 2.75) is 157 Å². The Morgan fingerprint density at radius 1 is 0.700 bits per heavy atom. The van der Waals surface area contributed by atoms with Gasteiger partial charge in [-0.2, -0.15) is 0 Å². The van der Waals surface area contributed by atoms with Crippen LogP contribution in [-0.2, 0) is 19.1 Å². The number of carbonyl (C=O) groups is 2. The van der Waals surface area contributed by atoms with Crippen molar-refractivity contribution in [3.63, 3.8) is 0 Å². The standard InChI is InChI=1S/C20H31BrO4.C20H29BrO4/c2*1-10(22)25-19-16(21)9-15-18-14(5-6-20(15,19)2)13-4-3-12(23)7-11(13)8-17(18)24/h11-19,23-24H,3-9H2,1-2H3;8,12-19,23-24H,3-7,9H2,1-2H3/t11?,12-,13-,14?,15?,16+,17-,18?,19-,20-;12-,13-,14?,15?,16+,17-,18?,19-,20-/m00/s1. The molecule has 19 atom stereocenters. The van der Waals surface area contributed by atoms with Crippen molar-refractivity contribution in [1.29, 1.82) is 0 Å². The molecule has 10 heteroatoms. The van der Waals surface area contributed by atoms with E-state index in [0.29, 0.717) is 47.3 Å². The second-order valence-corrected chi connectivity index (χ2v) is 20.7. The van der Waals surface area contributed by atoms with E-state index in [0.717, 1.165) is 83.5 Å². The molecule has 0 spiro atoms. The summed E-state index contributed by atoms with van der Waals surface area (Å²) in [5, 5.41) is 42.0. The van der Waals surface area contributed by atoms with Crippen molar-refractivity contribution >= 4 is 43.8 Å². The third kappa shape index (κ3) is 6.51. The predicted octanol–water partition coefficient (Wildman–Crippen LogP) is 6.47. The lowest BCUT2D eigenvalue weighted by Gasteiger charge is -2.57. The topological polar surface area (TPSA) is 134 Å². The Labute approximate surface area is 315 Å². The molecule has 282 valence electrons. The van der Waals surface area contributed by atoms with E-state index < -0.39 is 6.10 Å². The Morgan fingerprint density at radius 2 is 1.26 bits per heavy atom. The van der Waals surface area contributed by atoms with Crippen molar-refractivity contribution in [2.24, 2.45) is 64.1 Å². The van der Waals surface area contributed by atoms with Crippen molar-refractivity contribution in [1.82, 2.24) is 0 Å². The second-order valence-electron chi connectivity index (χ2n) is 18.3. The third-order valence-electron chi connectivity index (χ3n) is 15.8. The van der Waals surface area contributed by atoms with E-state index in [4.69, 9.17) is 9.47 Å². The zero-order chi connectivity index (χ0) is 35.9. The highest BCUT2D eigenvalue weighted by molar-refractivity contribution is 9.09. The minimum atomic E-state index is -0.443. The number of hydrogen-bond acceptors (Lipinski definition) is 8. The van der Waals surface area contributed by atoms with Crippen LogP contribution in [0.4, 0.5) is 0 Å². The van der Waals surface area contributed by atoms with E-state index in [1.165, 1.54) is 19.4 Å². The average molecular weight is 829 g/mol. The van der Waals surface area contributed by atoms with Crippen LogP contribution in [0.5, 0.6) is 0 Å². The van der Waals surface area contributed by atoms with E-state index in [-0.39, 0.29) is 68.9 Å². The number of aliphatic hydroxyl groups is 4. The van der Waals surface area contributed by atoms with Crippen LogP contribution < -0.4 is 0 Å². The zero-order valence-electron chi connectivity index (χ0n) is 30.3. The summed E-state index contributed by atoms with van der Waals surface area (Å²) in [6.45, 7) is 7.50. The van der Waals surface area contributed by atoms with Gasteiger partial charge in [0.05, 0.1) is 34.1 Å². The fourth-order valence-electron chi connectivity index (χ4n) is 13.8. The maximum atomic E-state index is 11.6. The summed E-state index contributed by atoms with van der Waals surface area (Å²) >= 11 is 7.54. The number of esters is 2. The molecule has 50 heavy (non-hydrogen) atoms. The Hall–Kier alpha value is -0.520. The quantitative estimate of drug-likeness (QED) is 0.142. The van der Waals surface area contributed by atoms with Gasteiger partial charge in [0.25, 0.3) is 0 Å². The molecule has 0 amide bonds. The first-order valence-corrected chi connectivity index (χ1v) is 21.5. The summed E-state index contributed by atoms with van der Waals surface area (Å²) in [7, 11) is 0. The molecule has 0 saturated heterocycles. The van der Waals surface area contributed by atoms with E-state index in [9.17, 15) is 30.0 Å². The van der Waals surface area contributed by atoms with E-state index >= 15 is 0 Å². The Morgan fingerprint density at radius 3 is 1.86 bits per heavy atom. The molecule has 8 nitrogen and oxygen atoms in total. The van der Waals surface area contributed by atoms with Crippen LogP contribution in [0.15, 0.2) is 11.6 Å². The van der Waals surface area contributed by atoms with Crippen LogP contribution in [0.1, 0.15) is 111 Å². The molecular formula is C40H60Br2O8. The Kier molecular flexibility index (Phi) is 10.8. The lowest BCUT2D eigenvalue weighted by atomic mass is 9.49. The first kappa shape index (κ1) is 37.8. The number of alkyl halides is 2. The van der Waals surface area contributed by atoms with Crippen LogP contribution in [0.2, 0.25) is 0 Å². The molecule has 0 aromatic heterocycles. The van der Waals surface area contributed by atoms with Crippen LogP contribution in [0, 0.1) is 64.1 Å². The van der Waals surface area contributed by atoms with Gasteiger partial charge in [0.15, 0.2) is 0 Å². The largest absolute Gasteiger partial charge is 0.461 e. The highest BCUT2D eigenvalue weighted by Gasteiger charge is 2.64. The molecule has 0 aliphatic heterocycles. The van der Waals surface area contributed by atoms with Crippen molar-refractivity contribution < 1.29 is 39.5 Å². The lowest BCUT2D eigenvalue weighted by molar-refractivity contribution is -0.165. The highest BCUT2D eigenvalue weighted by Crippen LogP contribution is 2.65. The van der Waals surface area contributed by atoms with Crippen molar-refractivity contribution in [3.8, 4) is 0 Å². The average Bonchev–Trinajstić information content (AvgIpc) is 3.44. The van der Waals surface area contributed by atoms with Gasteiger partial charge in [-0.1, -0.05) is 57.4 Å². The maximum absolute atomic E-state index is 11.6. The number of rotatable bonds is 2. The number of halogens is 2. The van der Waals surface area contributed by atoms with Gasteiger partial charge >= 0.3 is 11.9 Å². The van der Waals surface area contributed by atoms with Gasteiger partial charge in [-0.05, 0) is 137 Å². The van der Waals surface area contributed by atoms with Gasteiger partial charge in [-0.3, -0.25) is 9.59 Å². The molecule has 0 bridgehead atoms. The first-order chi connectivity index (χ1) is 23.6. The molecule has 0 heterocycles. The SMILES string of the molecule is CC(=O)O[C@H]1[C@H](Br)CC2C3C(CC[C@@]21C)[C@H]1CC[C@H](O)CC1=C[C@@H]3O.CC(=O)O[C@H]1[C@H](Br)CC2C3C(CC[C@@]21C)[C@H]1CC[C@H](O)CC1C[C@@H]3O. The molecule has 7 unspecified atom stereocenters. The summed E-state index contributed by atoms with van der Waals surface area (Å²) in [5.74, 6) is 3.61. The monoisotopic (exact) mass is 826 g/mol. The van der Waals surface area contributed by atoms with Gasteiger partial charge in [0.1, 0.15) is 12.2 Å². The van der Waals surface area contributed by atoms with Gasteiger partial charge in [0.2, 0.25) is 0 Å². The number of fused-ring (bicyclic) bond motifs is 10. The number of hydrogen-bond donors (Lipinski definition) is 4. The third-order valence-corrected chi connectivity index (χ3v) is 17.5. The van der Waals surface area contributed by atoms with E-state index in [1.54, 1.807) is 0 Å². The molecule has 7 saturated carbocycles.